The lowest BCUT2D eigenvalue weighted by Gasteiger charge is -2.26. The summed E-state index contributed by atoms with van der Waals surface area (Å²) in [6, 6.07) is 36.2. The smallest absolute Gasteiger partial charge is 0.404 e. The summed E-state index contributed by atoms with van der Waals surface area (Å²) < 4.78 is 73.4. The molecule has 0 aliphatic heterocycles. The minimum absolute atomic E-state index is 0.0409. The lowest BCUT2D eigenvalue weighted by Crippen LogP contribution is -2.26. The van der Waals surface area contributed by atoms with Gasteiger partial charge in [0, 0.05) is 7.11 Å². The second kappa shape index (κ2) is 18.7. The van der Waals surface area contributed by atoms with Crippen molar-refractivity contribution in [1.29, 1.82) is 0 Å². The number of methoxy groups -OCH3 is 1. The van der Waals surface area contributed by atoms with Gasteiger partial charge < -0.3 is 14.0 Å². The van der Waals surface area contributed by atoms with Crippen LogP contribution in [0.25, 0.3) is 0 Å². The highest BCUT2D eigenvalue weighted by Gasteiger charge is 2.35. The maximum Gasteiger partial charge on any atom is 0.530 e. The summed E-state index contributed by atoms with van der Waals surface area (Å²) in [6.45, 7) is -0.0868. The summed E-state index contributed by atoms with van der Waals surface area (Å²) in [6.07, 6.45) is -1.06. The van der Waals surface area contributed by atoms with E-state index in [2.05, 4.69) is 0 Å². The second-order valence-corrected chi connectivity index (χ2v) is 12.9. The fourth-order valence-corrected chi connectivity index (χ4v) is 6.32. The molecule has 0 aliphatic rings. The molecule has 0 fully saturated rings. The van der Waals surface area contributed by atoms with Crippen LogP contribution < -0.4 is 4.52 Å². The molecular formula is C33H38O10P2. The number of phosphoric acid groups is 2. The minimum Gasteiger partial charge on any atom is -0.404 e. The normalized spacial score (nSPS) is 13.6. The zero-order valence-electron chi connectivity index (χ0n) is 25.1. The molecule has 4 rings (SSSR count). The molecule has 45 heavy (non-hydrogen) atoms. The summed E-state index contributed by atoms with van der Waals surface area (Å²) in [5.41, 5.74) is 2.30. The molecular weight excluding hydrogens is 618 g/mol. The fraction of sp³-hybridized carbons (Fsp3) is 0.273. The molecule has 0 aromatic heterocycles. The van der Waals surface area contributed by atoms with Crippen LogP contribution >= 0.6 is 15.6 Å². The average molecular weight is 657 g/mol. The van der Waals surface area contributed by atoms with Crippen LogP contribution in [0.2, 0.25) is 0 Å². The number of benzene rings is 4. The quantitative estimate of drug-likeness (QED) is 0.0647. The van der Waals surface area contributed by atoms with Crippen molar-refractivity contribution < 1.29 is 45.7 Å². The predicted molar refractivity (Wildman–Crippen MR) is 169 cm³/mol. The van der Waals surface area contributed by atoms with Gasteiger partial charge in [-0.05, 0) is 28.8 Å². The molecule has 0 heterocycles. The topological polar surface area (TPSA) is 108 Å². The first-order valence-corrected chi connectivity index (χ1v) is 17.3. The summed E-state index contributed by atoms with van der Waals surface area (Å²) in [7, 11) is -6.92. The average Bonchev–Trinajstić information content (AvgIpc) is 3.08. The van der Waals surface area contributed by atoms with E-state index in [-0.39, 0.29) is 45.4 Å². The molecule has 0 spiro atoms. The highest BCUT2D eigenvalue weighted by Crippen LogP contribution is 2.54. The lowest BCUT2D eigenvalue weighted by atomic mass is 10.2. The first-order valence-electron chi connectivity index (χ1n) is 14.3. The maximum atomic E-state index is 14.1. The highest BCUT2D eigenvalue weighted by atomic mass is 31.2. The van der Waals surface area contributed by atoms with Crippen molar-refractivity contribution in [2.24, 2.45) is 0 Å². The molecule has 0 amide bonds. The Hall–Kier alpha value is -3.14. The Bertz CT molecular complexity index is 1410. The van der Waals surface area contributed by atoms with Crippen LogP contribution in [0.3, 0.4) is 0 Å². The Kier molecular flexibility index (Phi) is 14.5. The van der Waals surface area contributed by atoms with Crippen molar-refractivity contribution in [3.05, 3.63) is 138 Å². The Morgan fingerprint density at radius 1 is 0.533 bits per heavy atom. The Morgan fingerprint density at radius 3 is 1.44 bits per heavy atom. The maximum absolute atomic E-state index is 14.1. The second-order valence-electron chi connectivity index (χ2n) is 9.67. The predicted octanol–water partition coefficient (Wildman–Crippen LogP) is 8.00. The molecule has 0 aliphatic carbocycles. The monoisotopic (exact) mass is 656 g/mol. The molecule has 4 aromatic rings. The third kappa shape index (κ3) is 13.0. The molecule has 4 aromatic carbocycles. The Labute approximate surface area is 264 Å². The summed E-state index contributed by atoms with van der Waals surface area (Å²) >= 11 is 0. The molecule has 0 saturated heterocycles. The van der Waals surface area contributed by atoms with Crippen LogP contribution in [-0.2, 0) is 61.0 Å². The van der Waals surface area contributed by atoms with Gasteiger partial charge in [0.05, 0.1) is 46.2 Å². The van der Waals surface area contributed by atoms with Crippen molar-refractivity contribution >= 4 is 15.6 Å². The van der Waals surface area contributed by atoms with E-state index in [1.807, 2.05) is 91.0 Å². The van der Waals surface area contributed by atoms with Crippen molar-refractivity contribution in [3.63, 3.8) is 0 Å². The van der Waals surface area contributed by atoms with E-state index in [9.17, 15) is 9.13 Å². The molecule has 240 valence electrons. The molecule has 2 atom stereocenters. The van der Waals surface area contributed by atoms with Crippen molar-refractivity contribution in [3.8, 4) is 5.75 Å². The van der Waals surface area contributed by atoms with Gasteiger partial charge in [-0.25, -0.2) is 9.13 Å². The number of phosphoric ester groups is 2. The summed E-state index contributed by atoms with van der Waals surface area (Å²) in [5, 5.41) is 0. The molecule has 10 nitrogen and oxygen atoms in total. The third-order valence-corrected chi connectivity index (χ3v) is 8.88. The van der Waals surface area contributed by atoms with Crippen LogP contribution in [0, 0.1) is 0 Å². The van der Waals surface area contributed by atoms with Crippen LogP contribution in [0.15, 0.2) is 121 Å². The van der Waals surface area contributed by atoms with Crippen molar-refractivity contribution in [2.75, 3.05) is 33.5 Å². The Balaban J connectivity index is 1.51. The van der Waals surface area contributed by atoms with Crippen LogP contribution in [0.4, 0.5) is 0 Å². The van der Waals surface area contributed by atoms with Gasteiger partial charge in [0.2, 0.25) is 0 Å². The van der Waals surface area contributed by atoms with Gasteiger partial charge in [0.1, 0.15) is 11.9 Å². The van der Waals surface area contributed by atoms with Gasteiger partial charge in [0.25, 0.3) is 0 Å². The van der Waals surface area contributed by atoms with Gasteiger partial charge >= 0.3 is 15.6 Å². The fourth-order valence-electron chi connectivity index (χ4n) is 3.81. The van der Waals surface area contributed by atoms with E-state index in [1.54, 1.807) is 37.4 Å². The number of ether oxygens (including phenoxy) is 2. The van der Waals surface area contributed by atoms with Crippen LogP contribution in [-0.4, -0.2) is 39.6 Å². The lowest BCUT2D eigenvalue weighted by molar-refractivity contribution is -0.0210. The van der Waals surface area contributed by atoms with Gasteiger partial charge in [-0.3, -0.25) is 22.6 Å². The SMILES string of the molecule is COCCOCC(COP(=O)(OCc1ccccc1)Oc1ccccc1)OP(=O)(OCc1ccccc1)OCc1ccccc1. The molecule has 0 N–H and O–H groups in total. The molecule has 12 heteroatoms. The van der Waals surface area contributed by atoms with E-state index in [0.29, 0.717) is 6.61 Å². The number of para-hydroxylation sites is 1. The van der Waals surface area contributed by atoms with Gasteiger partial charge in [-0.15, -0.1) is 0 Å². The van der Waals surface area contributed by atoms with Crippen LogP contribution in [0.1, 0.15) is 16.7 Å². The van der Waals surface area contributed by atoms with Crippen molar-refractivity contribution in [1.82, 2.24) is 0 Å². The molecule has 0 radical (unpaired) electrons. The van der Waals surface area contributed by atoms with Gasteiger partial charge in [-0.1, -0.05) is 109 Å². The van der Waals surface area contributed by atoms with Crippen molar-refractivity contribution in [2.45, 2.75) is 25.9 Å². The summed E-state index contributed by atoms with van der Waals surface area (Å²) in [4.78, 5) is 0. The zero-order chi connectivity index (χ0) is 31.6. The number of hydrogen-bond acceptors (Lipinski definition) is 10. The van der Waals surface area contributed by atoms with Crippen LogP contribution in [0.5, 0.6) is 5.75 Å². The third-order valence-electron chi connectivity index (χ3n) is 6.09. The summed E-state index contributed by atoms with van der Waals surface area (Å²) in [5.74, 6) is 0.283. The van der Waals surface area contributed by atoms with Gasteiger partial charge in [-0.2, -0.15) is 0 Å². The van der Waals surface area contributed by atoms with Gasteiger partial charge in [0.15, 0.2) is 0 Å². The minimum atomic E-state index is -4.24. The van der Waals surface area contributed by atoms with E-state index in [4.69, 9.17) is 36.6 Å². The first kappa shape index (κ1) is 34.7. The molecule has 0 saturated carbocycles. The van der Waals surface area contributed by atoms with E-state index >= 15 is 0 Å². The largest absolute Gasteiger partial charge is 0.530 e. The molecule has 2 unspecified atom stereocenters. The first-order chi connectivity index (χ1) is 22.0. The Morgan fingerprint density at radius 2 is 0.978 bits per heavy atom. The molecule has 0 bridgehead atoms. The standard InChI is InChI=1S/C33H38O10P2/c1-36-22-23-37-27-33(28-41-45(35,42-32-20-12-5-13-21-32)40-26-31-18-10-4-11-19-31)43-44(34,38-24-29-14-6-2-7-15-29)39-25-30-16-8-3-9-17-30/h2-21,33H,22-28H2,1H3. The van der Waals surface area contributed by atoms with E-state index < -0.39 is 21.7 Å². The number of hydrogen-bond donors (Lipinski definition) is 0. The van der Waals surface area contributed by atoms with E-state index in [1.165, 1.54) is 0 Å². The highest BCUT2D eigenvalue weighted by molar-refractivity contribution is 7.49. The number of rotatable bonds is 21. The van der Waals surface area contributed by atoms with E-state index in [0.717, 1.165) is 16.7 Å². The zero-order valence-corrected chi connectivity index (χ0v) is 26.8.